The Bertz CT molecular complexity index is 1430. The van der Waals surface area contributed by atoms with Crippen LogP contribution in [0.2, 0.25) is 0 Å². The summed E-state index contributed by atoms with van der Waals surface area (Å²) in [6, 6.07) is 22.0. The van der Waals surface area contributed by atoms with Gasteiger partial charge in [-0.1, -0.05) is 42.1 Å². The number of rotatable bonds is 8. The second-order valence-corrected chi connectivity index (χ2v) is 10.4. The Morgan fingerprint density at radius 3 is 2.49 bits per heavy atom. The fourth-order valence-electron chi connectivity index (χ4n) is 4.45. The Morgan fingerprint density at radius 1 is 1.03 bits per heavy atom. The van der Waals surface area contributed by atoms with Crippen LogP contribution in [0.5, 0.6) is 0 Å². The maximum atomic E-state index is 12.5. The van der Waals surface area contributed by atoms with Gasteiger partial charge in [0.1, 0.15) is 5.25 Å². The summed E-state index contributed by atoms with van der Waals surface area (Å²) in [6.45, 7) is 2.12. The van der Waals surface area contributed by atoms with Crippen molar-refractivity contribution < 1.29 is 19.5 Å². The van der Waals surface area contributed by atoms with Gasteiger partial charge in [-0.3, -0.25) is 9.59 Å². The van der Waals surface area contributed by atoms with E-state index in [1.54, 1.807) is 30.5 Å². The number of aromatic carboxylic acids is 1. The maximum Gasteiger partial charge on any atom is 0.335 e. The van der Waals surface area contributed by atoms with Crippen LogP contribution >= 0.6 is 11.8 Å². The van der Waals surface area contributed by atoms with E-state index in [0.29, 0.717) is 10.9 Å². The Balaban J connectivity index is 1.14. The summed E-state index contributed by atoms with van der Waals surface area (Å²) in [6.07, 6.45) is 4.00. The van der Waals surface area contributed by atoms with Crippen LogP contribution in [-0.2, 0) is 9.59 Å². The van der Waals surface area contributed by atoms with Crippen molar-refractivity contribution in [2.45, 2.75) is 24.5 Å². The monoisotopic (exact) mass is 541 g/mol. The maximum absolute atomic E-state index is 12.5. The minimum Gasteiger partial charge on any atom is -0.478 e. The first-order chi connectivity index (χ1) is 18.9. The van der Waals surface area contributed by atoms with Crippen molar-refractivity contribution in [3.63, 3.8) is 0 Å². The first-order valence-corrected chi connectivity index (χ1v) is 13.5. The zero-order valence-corrected chi connectivity index (χ0v) is 21.9. The van der Waals surface area contributed by atoms with Gasteiger partial charge in [0, 0.05) is 30.9 Å². The predicted octanol–water partition coefficient (Wildman–Crippen LogP) is 4.60. The van der Waals surface area contributed by atoms with E-state index in [1.807, 2.05) is 48.5 Å². The summed E-state index contributed by atoms with van der Waals surface area (Å²) in [7, 11) is 0. The molecule has 3 aromatic rings. The smallest absolute Gasteiger partial charge is 0.335 e. The minimum atomic E-state index is -0.969. The largest absolute Gasteiger partial charge is 0.478 e. The van der Waals surface area contributed by atoms with Gasteiger partial charge >= 0.3 is 5.97 Å². The SMILES string of the molecule is O=C(CC1S/C(=N/N=C/c2cccc(-c3ccc(C(=O)O)cc3)c2)NC1=O)Nc1ccc(N2CCCC2)cc1. The second kappa shape index (κ2) is 12.0. The highest BCUT2D eigenvalue weighted by Crippen LogP contribution is 2.25. The van der Waals surface area contributed by atoms with Crippen LogP contribution in [0.15, 0.2) is 83.0 Å². The molecule has 198 valence electrons. The number of hydrogen-bond acceptors (Lipinski definition) is 7. The molecule has 3 aromatic carbocycles. The van der Waals surface area contributed by atoms with Crippen LogP contribution in [0.3, 0.4) is 0 Å². The molecule has 0 radical (unpaired) electrons. The molecule has 2 aliphatic rings. The van der Waals surface area contributed by atoms with Crippen LogP contribution in [0.1, 0.15) is 35.2 Å². The number of carbonyl (C=O) groups is 3. The summed E-state index contributed by atoms with van der Waals surface area (Å²) in [5, 5.41) is 22.6. The minimum absolute atomic E-state index is 0.0236. The van der Waals surface area contributed by atoms with Crippen molar-refractivity contribution in [1.82, 2.24) is 5.32 Å². The first kappa shape index (κ1) is 26.2. The number of anilines is 2. The van der Waals surface area contributed by atoms with Crippen molar-refractivity contribution in [2.75, 3.05) is 23.3 Å². The number of amidine groups is 1. The van der Waals surface area contributed by atoms with E-state index in [0.717, 1.165) is 35.5 Å². The number of carboxylic acids is 1. The number of thioether (sulfide) groups is 1. The van der Waals surface area contributed by atoms with Gasteiger partial charge in [-0.15, -0.1) is 5.10 Å². The standard InChI is InChI=1S/C29H27N5O4S/c35-26(31-23-10-12-24(13-11-23)34-14-1-2-15-34)17-25-27(36)32-29(39-25)33-30-18-19-4-3-5-22(16-19)20-6-8-21(9-7-20)28(37)38/h3-13,16,18,25H,1-2,14-15,17H2,(H,31,35)(H,37,38)(H,32,33,36)/b30-18+. The molecule has 1 unspecified atom stereocenters. The molecule has 0 aromatic heterocycles. The molecule has 2 fully saturated rings. The Kier molecular flexibility index (Phi) is 8.02. The van der Waals surface area contributed by atoms with Crippen molar-refractivity contribution in [2.24, 2.45) is 10.2 Å². The topological polar surface area (TPSA) is 123 Å². The van der Waals surface area contributed by atoms with Gasteiger partial charge in [0.25, 0.3) is 0 Å². The molecule has 3 N–H and O–H groups in total. The lowest BCUT2D eigenvalue weighted by Crippen LogP contribution is -2.28. The normalized spacial score (nSPS) is 18.1. The fraction of sp³-hybridized carbons (Fsp3) is 0.207. The van der Waals surface area contributed by atoms with Crippen LogP contribution in [0.4, 0.5) is 11.4 Å². The van der Waals surface area contributed by atoms with E-state index in [-0.39, 0.29) is 23.8 Å². The zero-order chi connectivity index (χ0) is 27.2. The number of nitrogens with zero attached hydrogens (tertiary/aromatic N) is 3. The fourth-order valence-corrected chi connectivity index (χ4v) is 5.37. The summed E-state index contributed by atoms with van der Waals surface area (Å²) in [4.78, 5) is 38.3. The Hall–Kier alpha value is -4.44. The van der Waals surface area contributed by atoms with E-state index in [2.05, 4.69) is 25.7 Å². The molecule has 1 atom stereocenters. The third kappa shape index (κ3) is 6.71. The molecule has 2 aliphatic heterocycles. The highest BCUT2D eigenvalue weighted by molar-refractivity contribution is 8.15. The lowest BCUT2D eigenvalue weighted by molar-refractivity contribution is -0.122. The molecule has 5 rings (SSSR count). The molecule has 39 heavy (non-hydrogen) atoms. The number of carboxylic acid groups (broad SMARTS) is 1. The molecule has 10 heteroatoms. The van der Waals surface area contributed by atoms with Gasteiger partial charge in [-0.2, -0.15) is 5.10 Å². The average molecular weight is 542 g/mol. The summed E-state index contributed by atoms with van der Waals surface area (Å²) < 4.78 is 0. The molecule has 2 amide bonds. The number of hydrogen-bond donors (Lipinski definition) is 3. The van der Waals surface area contributed by atoms with Gasteiger partial charge in [-0.25, -0.2) is 4.79 Å². The van der Waals surface area contributed by atoms with Crippen molar-refractivity contribution in [1.29, 1.82) is 0 Å². The Morgan fingerprint density at radius 2 is 1.77 bits per heavy atom. The molecule has 0 spiro atoms. The van der Waals surface area contributed by atoms with E-state index >= 15 is 0 Å². The summed E-state index contributed by atoms with van der Waals surface area (Å²) in [5.41, 5.74) is 4.65. The highest BCUT2D eigenvalue weighted by atomic mass is 32.2. The van der Waals surface area contributed by atoms with Crippen molar-refractivity contribution in [3.05, 3.63) is 83.9 Å². The van der Waals surface area contributed by atoms with Gasteiger partial charge in [0.15, 0.2) is 5.17 Å². The van der Waals surface area contributed by atoms with Crippen LogP contribution in [0.25, 0.3) is 11.1 Å². The molecular weight excluding hydrogens is 514 g/mol. The van der Waals surface area contributed by atoms with Gasteiger partial charge in [0.05, 0.1) is 11.8 Å². The van der Waals surface area contributed by atoms with E-state index < -0.39 is 11.2 Å². The number of amides is 2. The molecule has 0 bridgehead atoms. The van der Waals surface area contributed by atoms with Crippen LogP contribution in [0, 0.1) is 0 Å². The van der Waals surface area contributed by atoms with E-state index in [4.69, 9.17) is 5.11 Å². The number of nitrogens with one attached hydrogen (secondary N) is 2. The molecular formula is C29H27N5O4S. The van der Waals surface area contributed by atoms with Gasteiger partial charge in [-0.05, 0) is 72.0 Å². The van der Waals surface area contributed by atoms with Crippen LogP contribution in [-0.4, -0.2) is 52.6 Å². The number of carbonyl (C=O) groups excluding carboxylic acids is 2. The summed E-state index contributed by atoms with van der Waals surface area (Å²) >= 11 is 1.18. The molecule has 2 saturated heterocycles. The molecule has 0 saturated carbocycles. The third-order valence-electron chi connectivity index (χ3n) is 6.48. The number of benzene rings is 3. The zero-order valence-electron chi connectivity index (χ0n) is 21.0. The second-order valence-electron chi connectivity index (χ2n) is 9.25. The van der Waals surface area contributed by atoms with Crippen molar-refractivity contribution >= 4 is 52.3 Å². The van der Waals surface area contributed by atoms with Gasteiger partial charge in [0.2, 0.25) is 11.8 Å². The molecule has 0 aliphatic carbocycles. The predicted molar refractivity (Wildman–Crippen MR) is 155 cm³/mol. The summed E-state index contributed by atoms with van der Waals surface area (Å²) in [5.74, 6) is -1.49. The average Bonchev–Trinajstić information content (AvgIpc) is 3.60. The van der Waals surface area contributed by atoms with Gasteiger partial charge < -0.3 is 20.6 Å². The quantitative estimate of drug-likeness (QED) is 0.283. The molecule has 2 heterocycles. The highest BCUT2D eigenvalue weighted by Gasteiger charge is 2.32. The van der Waals surface area contributed by atoms with Crippen molar-refractivity contribution in [3.8, 4) is 11.1 Å². The first-order valence-electron chi connectivity index (χ1n) is 12.6. The van der Waals surface area contributed by atoms with E-state index in [1.165, 1.54) is 24.6 Å². The third-order valence-corrected chi connectivity index (χ3v) is 7.55. The van der Waals surface area contributed by atoms with Crippen LogP contribution < -0.4 is 15.5 Å². The Labute approximate surface area is 230 Å². The lowest BCUT2D eigenvalue weighted by atomic mass is 10.0. The lowest BCUT2D eigenvalue weighted by Gasteiger charge is -2.17. The molecule has 9 nitrogen and oxygen atoms in total. The van der Waals surface area contributed by atoms with E-state index in [9.17, 15) is 14.4 Å².